The Morgan fingerprint density at radius 1 is 1.18 bits per heavy atom. The largest absolute Gasteiger partial charge is 0.399 e. The van der Waals surface area contributed by atoms with Gasteiger partial charge in [0.15, 0.2) is 0 Å². The lowest BCUT2D eigenvalue weighted by molar-refractivity contribution is 0.243. The number of nitrogens with zero attached hydrogens (tertiary/aromatic N) is 1. The molecule has 2 nitrogen and oxygen atoms in total. The van der Waals surface area contributed by atoms with E-state index in [1.54, 1.807) is 0 Å². The van der Waals surface area contributed by atoms with E-state index in [1.807, 2.05) is 12.1 Å². The maximum atomic E-state index is 5.68. The third kappa shape index (κ3) is 3.74. The Morgan fingerprint density at radius 3 is 2.47 bits per heavy atom. The summed E-state index contributed by atoms with van der Waals surface area (Å²) in [6.45, 7) is 1.22. The molecular weight excluding hydrogens is 208 g/mol. The Bertz CT molecular complexity index is 325. The van der Waals surface area contributed by atoms with E-state index in [-0.39, 0.29) is 0 Å². The number of hydrogen-bond donors (Lipinski definition) is 1. The molecule has 1 aromatic rings. The van der Waals surface area contributed by atoms with Crippen molar-refractivity contribution in [3.63, 3.8) is 0 Å². The highest BCUT2D eigenvalue weighted by Crippen LogP contribution is 2.22. The molecule has 1 saturated carbocycles. The highest BCUT2D eigenvalue weighted by atomic mass is 15.1. The van der Waals surface area contributed by atoms with E-state index in [0.717, 1.165) is 18.2 Å². The first-order chi connectivity index (χ1) is 8.25. The fraction of sp³-hybridized carbons (Fsp3) is 0.600. The maximum absolute atomic E-state index is 5.68. The van der Waals surface area contributed by atoms with Crippen LogP contribution in [-0.4, -0.2) is 24.5 Å². The molecule has 0 heterocycles. The van der Waals surface area contributed by atoms with Crippen LogP contribution in [0, 0.1) is 0 Å². The average molecular weight is 232 g/mol. The monoisotopic (exact) mass is 232 g/mol. The molecule has 2 heteroatoms. The van der Waals surface area contributed by atoms with Crippen LogP contribution >= 0.6 is 0 Å². The quantitative estimate of drug-likeness (QED) is 0.791. The van der Waals surface area contributed by atoms with Crippen LogP contribution in [0.15, 0.2) is 24.3 Å². The molecule has 1 aliphatic rings. The van der Waals surface area contributed by atoms with Crippen molar-refractivity contribution in [2.75, 3.05) is 19.3 Å². The molecule has 0 saturated heterocycles. The van der Waals surface area contributed by atoms with Gasteiger partial charge < -0.3 is 10.6 Å². The molecule has 0 radical (unpaired) electrons. The van der Waals surface area contributed by atoms with Crippen LogP contribution in [0.5, 0.6) is 0 Å². The van der Waals surface area contributed by atoms with Gasteiger partial charge in [-0.1, -0.05) is 25.0 Å². The van der Waals surface area contributed by atoms with E-state index in [4.69, 9.17) is 5.73 Å². The van der Waals surface area contributed by atoms with Gasteiger partial charge in [0, 0.05) is 11.7 Å². The van der Waals surface area contributed by atoms with Gasteiger partial charge in [0.1, 0.15) is 0 Å². The molecule has 2 N–H and O–H groups in total. The van der Waals surface area contributed by atoms with Crippen molar-refractivity contribution < 1.29 is 0 Å². The fourth-order valence-electron chi connectivity index (χ4n) is 2.74. The molecule has 2 rings (SSSR count). The zero-order chi connectivity index (χ0) is 12.1. The van der Waals surface area contributed by atoms with Gasteiger partial charge in [-0.25, -0.2) is 0 Å². The minimum Gasteiger partial charge on any atom is -0.399 e. The predicted octanol–water partition coefficient (Wildman–Crippen LogP) is 3.08. The Morgan fingerprint density at radius 2 is 1.82 bits per heavy atom. The summed E-state index contributed by atoms with van der Waals surface area (Å²) >= 11 is 0. The Balaban J connectivity index is 1.70. The minimum absolute atomic E-state index is 0.849. The summed E-state index contributed by atoms with van der Waals surface area (Å²) < 4.78 is 0. The van der Waals surface area contributed by atoms with Gasteiger partial charge in [0.2, 0.25) is 0 Å². The molecule has 0 bridgehead atoms. The van der Waals surface area contributed by atoms with Crippen LogP contribution in [0.25, 0.3) is 0 Å². The standard InChI is InChI=1S/C15H24N2/c1-17(15-6-2-3-7-15)12-4-5-13-8-10-14(16)11-9-13/h8-11,15H,2-7,12,16H2,1H3. The average Bonchev–Trinajstić information content (AvgIpc) is 2.85. The maximum Gasteiger partial charge on any atom is 0.0314 e. The van der Waals surface area contributed by atoms with Gasteiger partial charge >= 0.3 is 0 Å². The molecule has 0 amide bonds. The van der Waals surface area contributed by atoms with Gasteiger partial charge in [-0.15, -0.1) is 0 Å². The summed E-state index contributed by atoms with van der Waals surface area (Å²) in [5.74, 6) is 0. The Hall–Kier alpha value is -1.02. The van der Waals surface area contributed by atoms with Crippen molar-refractivity contribution in [3.05, 3.63) is 29.8 Å². The molecular formula is C15H24N2. The second-order valence-electron chi connectivity index (χ2n) is 5.26. The smallest absolute Gasteiger partial charge is 0.0314 e. The number of rotatable bonds is 5. The van der Waals surface area contributed by atoms with Crippen LogP contribution < -0.4 is 5.73 Å². The first kappa shape index (κ1) is 12.4. The van der Waals surface area contributed by atoms with Gasteiger partial charge in [0.25, 0.3) is 0 Å². The summed E-state index contributed by atoms with van der Waals surface area (Å²) in [7, 11) is 2.28. The molecule has 1 aromatic carbocycles. The highest BCUT2D eigenvalue weighted by Gasteiger charge is 2.18. The summed E-state index contributed by atoms with van der Waals surface area (Å²) in [5.41, 5.74) is 7.94. The molecule has 94 valence electrons. The molecule has 0 aromatic heterocycles. The van der Waals surface area contributed by atoms with E-state index in [1.165, 1.54) is 44.2 Å². The van der Waals surface area contributed by atoms with Crippen molar-refractivity contribution in [1.29, 1.82) is 0 Å². The van der Waals surface area contributed by atoms with Crippen molar-refractivity contribution in [2.45, 2.75) is 44.6 Å². The third-order valence-corrected chi connectivity index (χ3v) is 3.90. The second-order valence-corrected chi connectivity index (χ2v) is 5.26. The lowest BCUT2D eigenvalue weighted by Crippen LogP contribution is -2.30. The first-order valence-electron chi connectivity index (χ1n) is 6.80. The summed E-state index contributed by atoms with van der Waals surface area (Å²) in [5, 5.41) is 0. The highest BCUT2D eigenvalue weighted by molar-refractivity contribution is 5.39. The van der Waals surface area contributed by atoms with Gasteiger partial charge in [0.05, 0.1) is 0 Å². The lowest BCUT2D eigenvalue weighted by atomic mass is 10.1. The molecule has 17 heavy (non-hydrogen) atoms. The Kier molecular flexibility index (Phi) is 4.43. The summed E-state index contributed by atoms with van der Waals surface area (Å²) in [6, 6.07) is 9.13. The number of anilines is 1. The van der Waals surface area contributed by atoms with Gasteiger partial charge in [-0.2, -0.15) is 0 Å². The van der Waals surface area contributed by atoms with Crippen LogP contribution in [0.2, 0.25) is 0 Å². The zero-order valence-corrected chi connectivity index (χ0v) is 10.9. The topological polar surface area (TPSA) is 29.3 Å². The van der Waals surface area contributed by atoms with E-state index >= 15 is 0 Å². The van der Waals surface area contributed by atoms with Gasteiger partial charge in [-0.3, -0.25) is 0 Å². The molecule has 0 atom stereocenters. The van der Waals surface area contributed by atoms with Crippen molar-refractivity contribution in [3.8, 4) is 0 Å². The molecule has 0 spiro atoms. The number of nitrogen functional groups attached to an aromatic ring is 1. The lowest BCUT2D eigenvalue weighted by Gasteiger charge is -2.23. The SMILES string of the molecule is CN(CCCc1ccc(N)cc1)C1CCCC1. The van der Waals surface area contributed by atoms with Crippen LogP contribution in [0.4, 0.5) is 5.69 Å². The summed E-state index contributed by atoms with van der Waals surface area (Å²) in [6.07, 6.45) is 8.06. The van der Waals surface area contributed by atoms with Crippen molar-refractivity contribution >= 4 is 5.69 Å². The van der Waals surface area contributed by atoms with Crippen LogP contribution in [-0.2, 0) is 6.42 Å². The van der Waals surface area contributed by atoms with E-state index in [2.05, 4.69) is 24.1 Å². The summed E-state index contributed by atoms with van der Waals surface area (Å²) in [4.78, 5) is 2.55. The minimum atomic E-state index is 0.849. The van der Waals surface area contributed by atoms with E-state index in [0.29, 0.717) is 0 Å². The van der Waals surface area contributed by atoms with Crippen molar-refractivity contribution in [1.82, 2.24) is 4.90 Å². The third-order valence-electron chi connectivity index (χ3n) is 3.90. The van der Waals surface area contributed by atoms with Crippen LogP contribution in [0.1, 0.15) is 37.7 Å². The molecule has 1 fully saturated rings. The molecule has 0 aliphatic heterocycles. The number of aryl methyl sites for hydroxylation is 1. The number of benzene rings is 1. The predicted molar refractivity (Wildman–Crippen MR) is 74.1 cm³/mol. The number of hydrogen-bond acceptors (Lipinski definition) is 2. The molecule has 1 aliphatic carbocycles. The molecule has 0 unspecified atom stereocenters. The van der Waals surface area contributed by atoms with Gasteiger partial charge in [-0.05, 0) is 57.0 Å². The first-order valence-corrected chi connectivity index (χ1v) is 6.80. The van der Waals surface area contributed by atoms with Crippen LogP contribution in [0.3, 0.4) is 0 Å². The zero-order valence-electron chi connectivity index (χ0n) is 10.9. The number of nitrogens with two attached hydrogens (primary N) is 1. The normalized spacial score (nSPS) is 16.8. The van der Waals surface area contributed by atoms with E-state index in [9.17, 15) is 0 Å². The Labute approximate surface area is 105 Å². The van der Waals surface area contributed by atoms with E-state index < -0.39 is 0 Å². The fourth-order valence-corrected chi connectivity index (χ4v) is 2.74. The second kappa shape index (κ2) is 6.06. The van der Waals surface area contributed by atoms with Crippen molar-refractivity contribution in [2.24, 2.45) is 0 Å².